The molecule has 0 aromatic heterocycles. The molecule has 6 heteroatoms. The molecular weight excluding hydrogens is 244 g/mol. The van der Waals surface area contributed by atoms with Gasteiger partial charge in [-0.15, -0.1) is 0 Å². The van der Waals surface area contributed by atoms with Gasteiger partial charge in [0, 0.05) is 19.5 Å². The summed E-state index contributed by atoms with van der Waals surface area (Å²) < 4.78 is 0. The lowest BCUT2D eigenvalue weighted by Crippen LogP contribution is -2.49. The summed E-state index contributed by atoms with van der Waals surface area (Å²) in [6.45, 7) is 8.20. The average Bonchev–Trinajstić information content (AvgIpc) is 2.43. The Labute approximate surface area is 115 Å². The molecule has 0 bridgehead atoms. The van der Waals surface area contributed by atoms with E-state index in [1.54, 1.807) is 6.92 Å². The van der Waals surface area contributed by atoms with E-state index >= 15 is 0 Å². The van der Waals surface area contributed by atoms with E-state index in [4.69, 9.17) is 5.84 Å². The normalized spacial score (nSPS) is 20.6. The van der Waals surface area contributed by atoms with Gasteiger partial charge in [-0.1, -0.05) is 6.92 Å². The van der Waals surface area contributed by atoms with Gasteiger partial charge < -0.3 is 5.32 Å². The zero-order valence-corrected chi connectivity index (χ0v) is 12.1. The lowest BCUT2D eigenvalue weighted by atomic mass is 9.93. The van der Waals surface area contributed by atoms with Crippen LogP contribution in [-0.2, 0) is 9.59 Å². The maximum absolute atomic E-state index is 11.5. The molecule has 1 rings (SSSR count). The molecule has 19 heavy (non-hydrogen) atoms. The van der Waals surface area contributed by atoms with Crippen molar-refractivity contribution in [1.29, 1.82) is 0 Å². The Balaban J connectivity index is 2.36. The second-order valence-corrected chi connectivity index (χ2v) is 5.45. The molecule has 1 heterocycles. The van der Waals surface area contributed by atoms with Gasteiger partial charge in [-0.25, -0.2) is 5.84 Å². The fourth-order valence-electron chi connectivity index (χ4n) is 2.52. The number of hydrazine groups is 1. The molecular formula is C13H26N4O2. The zero-order chi connectivity index (χ0) is 14.4. The Bertz CT molecular complexity index is 314. The third kappa shape index (κ3) is 4.80. The number of carbonyl (C=O) groups excluding carboxylic acids is 2. The second-order valence-electron chi connectivity index (χ2n) is 5.45. The van der Waals surface area contributed by atoms with Crippen LogP contribution in [0.15, 0.2) is 0 Å². The number of carbonyl (C=O) groups is 2. The summed E-state index contributed by atoms with van der Waals surface area (Å²) in [6.07, 6.45) is 2.11. The van der Waals surface area contributed by atoms with Crippen LogP contribution in [0.2, 0.25) is 0 Å². The van der Waals surface area contributed by atoms with E-state index in [2.05, 4.69) is 22.6 Å². The van der Waals surface area contributed by atoms with E-state index in [1.807, 2.05) is 6.92 Å². The van der Waals surface area contributed by atoms with Crippen molar-refractivity contribution < 1.29 is 9.59 Å². The second kappa shape index (κ2) is 7.45. The van der Waals surface area contributed by atoms with Crippen molar-refractivity contribution in [3.8, 4) is 0 Å². The summed E-state index contributed by atoms with van der Waals surface area (Å²) in [6, 6.07) is 0.185. The SMILES string of the molecule is CC(=O)NCC1CCN(C(C)C(C)C(=O)NN)CC1. The topological polar surface area (TPSA) is 87.5 Å². The van der Waals surface area contributed by atoms with Gasteiger partial charge in [0.05, 0.1) is 5.92 Å². The van der Waals surface area contributed by atoms with Crippen molar-refractivity contribution in [2.24, 2.45) is 17.7 Å². The Morgan fingerprint density at radius 1 is 1.32 bits per heavy atom. The molecule has 6 nitrogen and oxygen atoms in total. The van der Waals surface area contributed by atoms with Crippen LogP contribution in [0.25, 0.3) is 0 Å². The fourth-order valence-corrected chi connectivity index (χ4v) is 2.52. The minimum Gasteiger partial charge on any atom is -0.356 e. The summed E-state index contributed by atoms with van der Waals surface area (Å²) in [5, 5.41) is 2.87. The van der Waals surface area contributed by atoms with E-state index in [-0.39, 0.29) is 23.8 Å². The molecule has 1 aliphatic heterocycles. The Kier molecular flexibility index (Phi) is 6.24. The van der Waals surface area contributed by atoms with Crippen molar-refractivity contribution in [2.45, 2.75) is 39.7 Å². The maximum Gasteiger partial charge on any atom is 0.238 e. The van der Waals surface area contributed by atoms with Crippen LogP contribution in [0.5, 0.6) is 0 Å². The lowest BCUT2D eigenvalue weighted by molar-refractivity contribution is -0.126. The highest BCUT2D eigenvalue weighted by molar-refractivity contribution is 5.78. The van der Waals surface area contributed by atoms with Crippen molar-refractivity contribution >= 4 is 11.8 Å². The molecule has 0 saturated carbocycles. The molecule has 110 valence electrons. The summed E-state index contributed by atoms with van der Waals surface area (Å²) in [4.78, 5) is 24.7. The predicted octanol–water partition coefficient (Wildman–Crippen LogP) is -0.151. The van der Waals surface area contributed by atoms with Gasteiger partial charge in [0.1, 0.15) is 0 Å². The highest BCUT2D eigenvalue weighted by atomic mass is 16.2. The molecule has 0 aliphatic carbocycles. The highest BCUT2D eigenvalue weighted by Gasteiger charge is 2.28. The smallest absolute Gasteiger partial charge is 0.238 e. The summed E-state index contributed by atoms with van der Waals surface area (Å²) in [5.74, 6) is 5.52. The number of amides is 2. The number of piperidine rings is 1. The molecule has 2 amide bonds. The molecule has 2 atom stereocenters. The molecule has 0 radical (unpaired) electrons. The number of nitrogens with two attached hydrogens (primary N) is 1. The fraction of sp³-hybridized carbons (Fsp3) is 0.846. The van der Waals surface area contributed by atoms with Gasteiger partial charge in [-0.2, -0.15) is 0 Å². The minimum absolute atomic E-state index is 0.0315. The van der Waals surface area contributed by atoms with E-state index in [1.165, 1.54) is 0 Å². The molecule has 0 aromatic carbocycles. The van der Waals surface area contributed by atoms with Crippen molar-refractivity contribution in [3.63, 3.8) is 0 Å². The molecule has 1 aliphatic rings. The van der Waals surface area contributed by atoms with Crippen molar-refractivity contribution in [3.05, 3.63) is 0 Å². The molecule has 1 saturated heterocycles. The molecule has 0 aromatic rings. The monoisotopic (exact) mass is 270 g/mol. The van der Waals surface area contributed by atoms with Gasteiger partial charge in [-0.05, 0) is 38.8 Å². The van der Waals surface area contributed by atoms with E-state index < -0.39 is 0 Å². The van der Waals surface area contributed by atoms with Crippen LogP contribution >= 0.6 is 0 Å². The van der Waals surface area contributed by atoms with Crippen molar-refractivity contribution in [1.82, 2.24) is 15.6 Å². The Hall–Kier alpha value is -1.14. The largest absolute Gasteiger partial charge is 0.356 e. The third-order valence-electron chi connectivity index (χ3n) is 4.14. The van der Waals surface area contributed by atoms with E-state index in [0.717, 1.165) is 32.5 Å². The lowest BCUT2D eigenvalue weighted by Gasteiger charge is -2.38. The van der Waals surface area contributed by atoms with E-state index in [9.17, 15) is 9.59 Å². The number of likely N-dealkylation sites (tertiary alicyclic amines) is 1. The minimum atomic E-state index is -0.118. The van der Waals surface area contributed by atoms with Crippen LogP contribution in [0.3, 0.4) is 0 Å². The number of nitrogens with one attached hydrogen (secondary N) is 2. The van der Waals surface area contributed by atoms with Crippen LogP contribution in [0.4, 0.5) is 0 Å². The molecule has 0 spiro atoms. The van der Waals surface area contributed by atoms with Crippen LogP contribution < -0.4 is 16.6 Å². The quantitative estimate of drug-likeness (QED) is 0.368. The van der Waals surface area contributed by atoms with E-state index in [0.29, 0.717) is 5.92 Å². The Morgan fingerprint density at radius 3 is 2.37 bits per heavy atom. The van der Waals surface area contributed by atoms with Crippen LogP contribution in [0, 0.1) is 11.8 Å². The van der Waals surface area contributed by atoms with Gasteiger partial charge in [0.2, 0.25) is 11.8 Å². The standard InChI is InChI=1S/C13H26N4O2/c1-9(13(19)16-14)10(2)17-6-4-12(5-7-17)8-15-11(3)18/h9-10,12H,4-8,14H2,1-3H3,(H,15,18)(H,16,19). The predicted molar refractivity (Wildman–Crippen MR) is 73.9 cm³/mol. The first-order chi connectivity index (χ1) is 8.95. The van der Waals surface area contributed by atoms with Gasteiger partial charge >= 0.3 is 0 Å². The number of hydrogen-bond acceptors (Lipinski definition) is 4. The van der Waals surface area contributed by atoms with Crippen LogP contribution in [-0.4, -0.2) is 42.4 Å². The first-order valence-electron chi connectivity index (χ1n) is 6.94. The average molecular weight is 270 g/mol. The zero-order valence-electron chi connectivity index (χ0n) is 12.1. The first kappa shape index (κ1) is 15.9. The number of nitrogens with zero attached hydrogens (tertiary/aromatic N) is 1. The molecule has 4 N–H and O–H groups in total. The maximum atomic E-state index is 11.5. The third-order valence-corrected chi connectivity index (χ3v) is 4.14. The van der Waals surface area contributed by atoms with Gasteiger partial charge in [-0.3, -0.25) is 19.9 Å². The van der Waals surface area contributed by atoms with Crippen molar-refractivity contribution in [2.75, 3.05) is 19.6 Å². The molecule has 2 unspecified atom stereocenters. The molecule has 1 fully saturated rings. The number of rotatable bonds is 5. The van der Waals surface area contributed by atoms with Gasteiger partial charge in [0.15, 0.2) is 0 Å². The highest BCUT2D eigenvalue weighted by Crippen LogP contribution is 2.21. The first-order valence-corrected chi connectivity index (χ1v) is 6.94. The number of hydrogen-bond donors (Lipinski definition) is 3. The van der Waals surface area contributed by atoms with Crippen LogP contribution in [0.1, 0.15) is 33.6 Å². The summed E-state index contributed by atoms with van der Waals surface area (Å²) in [5.41, 5.74) is 2.21. The summed E-state index contributed by atoms with van der Waals surface area (Å²) >= 11 is 0. The Morgan fingerprint density at radius 2 is 1.89 bits per heavy atom. The summed E-state index contributed by atoms with van der Waals surface area (Å²) in [7, 11) is 0. The van der Waals surface area contributed by atoms with Gasteiger partial charge in [0.25, 0.3) is 0 Å².